The zero-order valence-corrected chi connectivity index (χ0v) is 15.0. The third-order valence-electron chi connectivity index (χ3n) is 5.09. The van der Waals surface area contributed by atoms with Crippen LogP contribution >= 0.6 is 0 Å². The van der Waals surface area contributed by atoms with Crippen LogP contribution in [0.5, 0.6) is 0 Å². The first-order valence-electron chi connectivity index (χ1n) is 8.94. The zero-order valence-electron chi connectivity index (χ0n) is 15.0. The van der Waals surface area contributed by atoms with Crippen LogP contribution in [-0.4, -0.2) is 37.3 Å². The number of hydrogen-bond acceptors (Lipinski definition) is 7. The summed E-state index contributed by atoms with van der Waals surface area (Å²) in [5.41, 5.74) is 6.92. The summed E-state index contributed by atoms with van der Waals surface area (Å²) in [5.74, 6) is 0.350. The number of nitrogens with two attached hydrogens (primary N) is 1. The monoisotopic (exact) mass is 367 g/mol. The zero-order chi connectivity index (χ0) is 19.0. The Hall–Kier alpha value is -3.23. The highest BCUT2D eigenvalue weighted by molar-refractivity contribution is 6.07. The van der Waals surface area contributed by atoms with Crippen molar-refractivity contribution in [2.75, 3.05) is 11.1 Å². The lowest BCUT2D eigenvalue weighted by Crippen LogP contribution is -2.44. The molecular weight excluding hydrogens is 346 g/mol. The molecule has 1 aliphatic carbocycles. The number of carbonyl (C=O) groups is 2. The molecule has 2 aromatic rings. The van der Waals surface area contributed by atoms with Gasteiger partial charge in [0.05, 0.1) is 6.54 Å². The molecule has 0 radical (unpaired) electrons. The Morgan fingerprint density at radius 3 is 2.67 bits per heavy atom. The molecule has 140 valence electrons. The quantitative estimate of drug-likeness (QED) is 0.704. The molecule has 1 aliphatic heterocycles. The first kappa shape index (κ1) is 17.2. The predicted molar refractivity (Wildman–Crippen MR) is 99.0 cm³/mol. The molecular formula is C18H21N7O2. The smallest absolute Gasteiger partial charge is 0.325 e. The fourth-order valence-corrected chi connectivity index (χ4v) is 3.68. The average molecular weight is 367 g/mol. The van der Waals surface area contributed by atoms with Crippen molar-refractivity contribution in [2.45, 2.75) is 44.7 Å². The van der Waals surface area contributed by atoms with Crippen molar-refractivity contribution in [1.82, 2.24) is 25.2 Å². The second-order valence-corrected chi connectivity index (χ2v) is 6.98. The Kier molecular flexibility index (Phi) is 4.14. The second-order valence-electron chi connectivity index (χ2n) is 6.98. The number of carbonyl (C=O) groups excluding carboxylic acids is 2. The first-order chi connectivity index (χ1) is 13.0. The van der Waals surface area contributed by atoms with Crippen LogP contribution in [0.2, 0.25) is 0 Å². The minimum Gasteiger partial charge on any atom is -0.368 e. The lowest BCUT2D eigenvalue weighted by Gasteiger charge is -2.19. The van der Waals surface area contributed by atoms with Crippen LogP contribution in [0.15, 0.2) is 24.3 Å². The van der Waals surface area contributed by atoms with E-state index in [-0.39, 0.29) is 30.2 Å². The number of para-hydroxylation sites is 1. The summed E-state index contributed by atoms with van der Waals surface area (Å²) in [6.45, 7) is 1.92. The van der Waals surface area contributed by atoms with Crippen LogP contribution in [0, 0.1) is 6.92 Å². The number of nitrogens with zero attached hydrogens (tertiary/aromatic N) is 4. The Labute approximate surface area is 156 Å². The van der Waals surface area contributed by atoms with Crippen molar-refractivity contribution in [2.24, 2.45) is 0 Å². The Morgan fingerprint density at radius 2 is 1.93 bits per heavy atom. The van der Waals surface area contributed by atoms with Crippen molar-refractivity contribution in [3.63, 3.8) is 0 Å². The summed E-state index contributed by atoms with van der Waals surface area (Å²) in [5, 5.41) is 5.95. The van der Waals surface area contributed by atoms with Crippen molar-refractivity contribution >= 4 is 29.5 Å². The molecule has 3 amide bonds. The SMILES string of the molecule is Cc1ccccc1Nc1nc(N)nc(CN2C(=O)NC3(CCCC3)C2=O)n1. The van der Waals surface area contributed by atoms with E-state index in [2.05, 4.69) is 25.6 Å². The van der Waals surface area contributed by atoms with Crippen LogP contribution in [-0.2, 0) is 11.3 Å². The second kappa shape index (κ2) is 6.49. The van der Waals surface area contributed by atoms with Gasteiger partial charge in [0.15, 0.2) is 5.82 Å². The van der Waals surface area contributed by atoms with Crippen molar-refractivity contribution in [1.29, 1.82) is 0 Å². The highest BCUT2D eigenvalue weighted by atomic mass is 16.2. The van der Waals surface area contributed by atoms with E-state index in [0.29, 0.717) is 12.8 Å². The van der Waals surface area contributed by atoms with E-state index in [0.717, 1.165) is 29.0 Å². The molecule has 4 rings (SSSR count). The van der Waals surface area contributed by atoms with E-state index in [1.54, 1.807) is 0 Å². The summed E-state index contributed by atoms with van der Waals surface area (Å²) in [4.78, 5) is 38.8. The number of hydrogen-bond donors (Lipinski definition) is 3. The molecule has 0 atom stereocenters. The molecule has 9 heteroatoms. The molecule has 1 aromatic carbocycles. The molecule has 2 heterocycles. The van der Waals surface area contributed by atoms with Gasteiger partial charge in [-0.2, -0.15) is 15.0 Å². The highest BCUT2D eigenvalue weighted by Gasteiger charge is 2.52. The molecule has 4 N–H and O–H groups in total. The number of nitrogens with one attached hydrogen (secondary N) is 2. The lowest BCUT2D eigenvalue weighted by molar-refractivity contribution is -0.131. The van der Waals surface area contributed by atoms with Gasteiger partial charge in [0.1, 0.15) is 5.54 Å². The molecule has 2 fully saturated rings. The maximum Gasteiger partial charge on any atom is 0.325 e. The maximum absolute atomic E-state index is 12.8. The molecule has 1 saturated heterocycles. The van der Waals surface area contributed by atoms with Crippen molar-refractivity contribution in [3.8, 4) is 0 Å². The van der Waals surface area contributed by atoms with Crippen LogP contribution in [0.3, 0.4) is 0 Å². The van der Waals surface area contributed by atoms with Crippen LogP contribution in [0.4, 0.5) is 22.4 Å². The molecule has 1 aromatic heterocycles. The van der Waals surface area contributed by atoms with Gasteiger partial charge in [-0.05, 0) is 31.4 Å². The number of rotatable bonds is 4. The van der Waals surface area contributed by atoms with Crippen LogP contribution in [0.1, 0.15) is 37.1 Å². The molecule has 27 heavy (non-hydrogen) atoms. The summed E-state index contributed by atoms with van der Waals surface area (Å²) >= 11 is 0. The topological polar surface area (TPSA) is 126 Å². The fraction of sp³-hybridized carbons (Fsp3) is 0.389. The van der Waals surface area contributed by atoms with Crippen LogP contribution < -0.4 is 16.4 Å². The number of aromatic nitrogens is 3. The van der Waals surface area contributed by atoms with E-state index in [9.17, 15) is 9.59 Å². The third kappa shape index (κ3) is 3.16. The van der Waals surface area contributed by atoms with Gasteiger partial charge in [-0.15, -0.1) is 0 Å². The molecule has 1 spiro atoms. The molecule has 1 saturated carbocycles. The van der Waals surface area contributed by atoms with Gasteiger partial charge in [-0.1, -0.05) is 31.0 Å². The number of imide groups is 1. The molecule has 9 nitrogen and oxygen atoms in total. The molecule has 0 bridgehead atoms. The predicted octanol–water partition coefficient (Wildman–Crippen LogP) is 1.87. The first-order valence-corrected chi connectivity index (χ1v) is 8.94. The van der Waals surface area contributed by atoms with E-state index >= 15 is 0 Å². The Bertz CT molecular complexity index is 908. The summed E-state index contributed by atoms with van der Waals surface area (Å²) in [7, 11) is 0. The highest BCUT2D eigenvalue weighted by Crippen LogP contribution is 2.35. The van der Waals surface area contributed by atoms with Gasteiger partial charge >= 0.3 is 6.03 Å². The lowest BCUT2D eigenvalue weighted by atomic mass is 9.98. The maximum atomic E-state index is 12.8. The summed E-state index contributed by atoms with van der Waals surface area (Å²) in [6, 6.07) is 7.28. The van der Waals surface area contributed by atoms with E-state index < -0.39 is 11.6 Å². The summed E-state index contributed by atoms with van der Waals surface area (Å²) < 4.78 is 0. The van der Waals surface area contributed by atoms with Gasteiger partial charge in [0, 0.05) is 5.69 Å². The van der Waals surface area contributed by atoms with Crippen molar-refractivity contribution in [3.05, 3.63) is 35.7 Å². The van der Waals surface area contributed by atoms with E-state index in [1.165, 1.54) is 0 Å². The molecule has 2 aliphatic rings. The van der Waals surface area contributed by atoms with E-state index in [4.69, 9.17) is 5.73 Å². The van der Waals surface area contributed by atoms with Gasteiger partial charge < -0.3 is 16.4 Å². The number of benzene rings is 1. The van der Waals surface area contributed by atoms with Crippen molar-refractivity contribution < 1.29 is 9.59 Å². The number of anilines is 3. The Morgan fingerprint density at radius 1 is 1.19 bits per heavy atom. The number of amides is 3. The largest absolute Gasteiger partial charge is 0.368 e. The van der Waals surface area contributed by atoms with Gasteiger partial charge in [-0.25, -0.2) is 4.79 Å². The van der Waals surface area contributed by atoms with E-state index in [1.807, 2.05) is 31.2 Å². The Balaban J connectivity index is 1.56. The average Bonchev–Trinajstić information content (AvgIpc) is 3.18. The minimum absolute atomic E-state index is 0.0266. The van der Waals surface area contributed by atoms with Crippen LogP contribution in [0.25, 0.3) is 0 Å². The normalized spacial score (nSPS) is 18.2. The standard InChI is InChI=1S/C18H21N7O2/c1-11-6-2-3-7-12(11)20-16-22-13(21-15(19)23-16)10-25-14(26)18(24-17(25)27)8-4-5-9-18/h2-3,6-7H,4-5,8-10H2,1H3,(H,24,27)(H3,19,20,21,22,23). The number of aryl methyl sites for hydroxylation is 1. The van der Waals surface area contributed by atoms with Gasteiger partial charge in [0.25, 0.3) is 5.91 Å². The van der Waals surface area contributed by atoms with Gasteiger partial charge in [-0.3, -0.25) is 9.69 Å². The minimum atomic E-state index is -0.752. The number of nitrogen functional groups attached to an aromatic ring is 1. The van der Waals surface area contributed by atoms with Gasteiger partial charge in [0.2, 0.25) is 11.9 Å². The number of urea groups is 1. The third-order valence-corrected chi connectivity index (χ3v) is 5.09. The molecule has 0 unspecified atom stereocenters. The summed E-state index contributed by atoms with van der Waals surface area (Å²) in [6.07, 6.45) is 3.22. The fourth-order valence-electron chi connectivity index (χ4n) is 3.68.